The number of methoxy groups -OCH3 is 1. The van der Waals surface area contributed by atoms with E-state index in [4.69, 9.17) is 4.74 Å². The zero-order chi connectivity index (χ0) is 13.0. The highest BCUT2D eigenvalue weighted by Gasteiger charge is 2.23. The second-order valence-electron chi connectivity index (χ2n) is 4.97. The molecule has 0 saturated carbocycles. The summed E-state index contributed by atoms with van der Waals surface area (Å²) in [4.78, 5) is 0. The lowest BCUT2D eigenvalue weighted by atomic mass is 9.98. The van der Waals surface area contributed by atoms with Crippen molar-refractivity contribution in [1.29, 1.82) is 0 Å². The molecule has 1 saturated heterocycles. The van der Waals surface area contributed by atoms with Gasteiger partial charge in [0.05, 0.1) is 13.2 Å². The summed E-state index contributed by atoms with van der Waals surface area (Å²) in [5, 5.41) is 13.6. The lowest BCUT2D eigenvalue weighted by Crippen LogP contribution is -2.36. The van der Waals surface area contributed by atoms with Gasteiger partial charge in [0.15, 0.2) is 0 Å². The molecule has 2 unspecified atom stereocenters. The molecule has 1 aliphatic rings. The van der Waals surface area contributed by atoms with Gasteiger partial charge in [0.25, 0.3) is 0 Å². The van der Waals surface area contributed by atoms with E-state index in [1.165, 1.54) is 5.56 Å². The first-order valence-corrected chi connectivity index (χ1v) is 6.81. The number of ether oxygens (including phenoxy) is 1. The van der Waals surface area contributed by atoms with Crippen LogP contribution in [0.3, 0.4) is 0 Å². The zero-order valence-corrected chi connectivity index (χ0v) is 11.3. The fourth-order valence-electron chi connectivity index (χ4n) is 2.62. The molecule has 2 N–H and O–H groups in total. The van der Waals surface area contributed by atoms with Gasteiger partial charge in [-0.05, 0) is 43.0 Å². The highest BCUT2D eigenvalue weighted by atomic mass is 16.5. The molecule has 1 aromatic rings. The Bertz CT molecular complexity index is 386. The quantitative estimate of drug-likeness (QED) is 0.837. The van der Waals surface area contributed by atoms with Gasteiger partial charge in [-0.3, -0.25) is 0 Å². The molecule has 0 amide bonds. The van der Waals surface area contributed by atoms with E-state index in [-0.39, 0.29) is 12.1 Å². The molecule has 0 aromatic heterocycles. The lowest BCUT2D eigenvalue weighted by molar-refractivity contribution is 0.135. The van der Waals surface area contributed by atoms with Crippen molar-refractivity contribution in [3.8, 4) is 5.75 Å². The Balaban J connectivity index is 2.10. The largest absolute Gasteiger partial charge is 0.496 e. The minimum absolute atomic E-state index is 0.236. The van der Waals surface area contributed by atoms with Crippen molar-refractivity contribution in [1.82, 2.24) is 5.32 Å². The molecule has 3 heteroatoms. The summed E-state index contributed by atoms with van der Waals surface area (Å²) in [5.41, 5.74) is 2.40. The van der Waals surface area contributed by atoms with Crippen LogP contribution in [0.4, 0.5) is 0 Å². The van der Waals surface area contributed by atoms with E-state index in [9.17, 15) is 5.11 Å². The molecular formula is C15H23NO2. The third-order valence-electron chi connectivity index (χ3n) is 3.75. The van der Waals surface area contributed by atoms with Crippen LogP contribution in [0.2, 0.25) is 0 Å². The third-order valence-corrected chi connectivity index (χ3v) is 3.75. The number of hydrogen-bond acceptors (Lipinski definition) is 3. The smallest absolute Gasteiger partial charge is 0.122 e. The Morgan fingerprint density at radius 1 is 1.50 bits per heavy atom. The van der Waals surface area contributed by atoms with Crippen LogP contribution in [0.15, 0.2) is 18.2 Å². The maximum atomic E-state index is 10.3. The monoisotopic (exact) mass is 249 g/mol. The summed E-state index contributed by atoms with van der Waals surface area (Å²) < 4.78 is 5.38. The number of aryl methyl sites for hydroxylation is 1. The van der Waals surface area contributed by atoms with Crippen LogP contribution in [0.1, 0.15) is 30.9 Å². The van der Waals surface area contributed by atoms with E-state index in [2.05, 4.69) is 24.4 Å². The van der Waals surface area contributed by atoms with Gasteiger partial charge in [-0.2, -0.15) is 0 Å². The van der Waals surface area contributed by atoms with Crippen LogP contribution in [0.5, 0.6) is 5.75 Å². The van der Waals surface area contributed by atoms with Crippen molar-refractivity contribution in [2.24, 2.45) is 0 Å². The van der Waals surface area contributed by atoms with Crippen LogP contribution in [0, 0.1) is 0 Å². The van der Waals surface area contributed by atoms with Gasteiger partial charge in [0.2, 0.25) is 0 Å². The summed E-state index contributed by atoms with van der Waals surface area (Å²) in [6, 6.07) is 6.47. The normalized spacial score (nSPS) is 20.9. The molecule has 3 nitrogen and oxygen atoms in total. The van der Waals surface area contributed by atoms with Crippen molar-refractivity contribution in [2.45, 2.75) is 44.8 Å². The number of hydrogen-bond donors (Lipinski definition) is 2. The number of benzene rings is 1. The fraction of sp³-hybridized carbons (Fsp3) is 0.600. The van der Waals surface area contributed by atoms with Gasteiger partial charge in [-0.15, -0.1) is 0 Å². The summed E-state index contributed by atoms with van der Waals surface area (Å²) in [5.74, 6) is 0.879. The van der Waals surface area contributed by atoms with Crippen LogP contribution in [0.25, 0.3) is 0 Å². The summed E-state index contributed by atoms with van der Waals surface area (Å²) in [6.07, 6.45) is 3.57. The van der Waals surface area contributed by atoms with Crippen LogP contribution < -0.4 is 10.1 Å². The van der Waals surface area contributed by atoms with E-state index in [0.29, 0.717) is 6.42 Å². The molecule has 1 aliphatic heterocycles. The first-order chi connectivity index (χ1) is 8.74. The molecule has 100 valence electrons. The second kappa shape index (κ2) is 6.21. The Morgan fingerprint density at radius 2 is 2.33 bits per heavy atom. The molecule has 1 heterocycles. The first-order valence-electron chi connectivity index (χ1n) is 6.81. The Kier molecular flexibility index (Phi) is 4.61. The lowest BCUT2D eigenvalue weighted by Gasteiger charge is -2.20. The SMILES string of the molecule is CCc1ccc(OC)c(CC(O)C2CCCN2)c1. The standard InChI is InChI=1S/C15H23NO2/c1-3-11-6-7-15(18-2)12(9-11)10-14(17)13-5-4-8-16-13/h6-7,9,13-14,16-17H,3-5,8,10H2,1-2H3. The van der Waals surface area contributed by atoms with E-state index in [1.807, 2.05) is 6.07 Å². The Morgan fingerprint density at radius 3 is 2.94 bits per heavy atom. The molecule has 2 atom stereocenters. The van der Waals surface area contributed by atoms with Crippen LogP contribution in [-0.2, 0) is 12.8 Å². The van der Waals surface area contributed by atoms with Crippen molar-refractivity contribution in [3.05, 3.63) is 29.3 Å². The van der Waals surface area contributed by atoms with Crippen molar-refractivity contribution in [2.75, 3.05) is 13.7 Å². The Hall–Kier alpha value is -1.06. The van der Waals surface area contributed by atoms with E-state index in [1.54, 1.807) is 7.11 Å². The van der Waals surface area contributed by atoms with Crippen molar-refractivity contribution < 1.29 is 9.84 Å². The molecular weight excluding hydrogens is 226 g/mol. The number of nitrogens with one attached hydrogen (secondary N) is 1. The minimum Gasteiger partial charge on any atom is -0.496 e. The van der Waals surface area contributed by atoms with Crippen molar-refractivity contribution >= 4 is 0 Å². The zero-order valence-electron chi connectivity index (χ0n) is 11.3. The average molecular weight is 249 g/mol. The molecule has 0 radical (unpaired) electrons. The number of rotatable bonds is 5. The minimum atomic E-state index is -0.325. The maximum absolute atomic E-state index is 10.3. The number of aliphatic hydroxyl groups excluding tert-OH is 1. The van der Waals surface area contributed by atoms with Gasteiger partial charge in [0.1, 0.15) is 5.75 Å². The first kappa shape index (κ1) is 13.4. The van der Waals surface area contributed by atoms with Crippen LogP contribution >= 0.6 is 0 Å². The molecule has 18 heavy (non-hydrogen) atoms. The van der Waals surface area contributed by atoms with Crippen molar-refractivity contribution in [3.63, 3.8) is 0 Å². The van der Waals surface area contributed by atoms with E-state index >= 15 is 0 Å². The maximum Gasteiger partial charge on any atom is 0.122 e. The van der Waals surface area contributed by atoms with Gasteiger partial charge in [0, 0.05) is 12.5 Å². The molecule has 0 aliphatic carbocycles. The van der Waals surface area contributed by atoms with Gasteiger partial charge < -0.3 is 15.2 Å². The molecule has 1 aromatic carbocycles. The van der Waals surface area contributed by atoms with Crippen LogP contribution in [-0.4, -0.2) is 30.9 Å². The fourth-order valence-corrected chi connectivity index (χ4v) is 2.62. The average Bonchev–Trinajstić information content (AvgIpc) is 2.92. The van der Waals surface area contributed by atoms with E-state index < -0.39 is 0 Å². The topological polar surface area (TPSA) is 41.5 Å². The van der Waals surface area contributed by atoms with Gasteiger partial charge in [-0.1, -0.05) is 19.1 Å². The summed E-state index contributed by atoms with van der Waals surface area (Å²) in [7, 11) is 1.69. The predicted octanol–water partition coefficient (Wildman–Crippen LogP) is 1.91. The second-order valence-corrected chi connectivity index (χ2v) is 4.97. The molecule has 2 rings (SSSR count). The summed E-state index contributed by atoms with van der Waals surface area (Å²) in [6.45, 7) is 3.16. The molecule has 0 bridgehead atoms. The Labute approximate surface area is 109 Å². The molecule has 0 spiro atoms. The van der Waals surface area contributed by atoms with Gasteiger partial charge in [-0.25, -0.2) is 0 Å². The highest BCUT2D eigenvalue weighted by Crippen LogP contribution is 2.23. The highest BCUT2D eigenvalue weighted by molar-refractivity contribution is 5.38. The summed E-state index contributed by atoms with van der Waals surface area (Å²) >= 11 is 0. The predicted molar refractivity (Wildman–Crippen MR) is 73.1 cm³/mol. The third kappa shape index (κ3) is 3.03. The van der Waals surface area contributed by atoms with E-state index in [0.717, 1.165) is 37.1 Å². The van der Waals surface area contributed by atoms with Gasteiger partial charge >= 0.3 is 0 Å². The molecule has 1 fully saturated rings. The number of aliphatic hydroxyl groups is 1.